The minimum absolute atomic E-state index is 0.296. The molecule has 18 heavy (non-hydrogen) atoms. The van der Waals surface area contributed by atoms with Crippen LogP contribution >= 0.6 is 0 Å². The molecule has 90 valence electrons. The highest BCUT2D eigenvalue weighted by molar-refractivity contribution is 5.66. The van der Waals surface area contributed by atoms with Crippen LogP contribution in [-0.2, 0) is 6.42 Å². The molecule has 0 aliphatic carbocycles. The Kier molecular flexibility index (Phi) is 3.24. The molecule has 0 aliphatic heterocycles. The summed E-state index contributed by atoms with van der Waals surface area (Å²) in [7, 11) is 0. The highest BCUT2D eigenvalue weighted by atomic mass is 19.1. The van der Waals surface area contributed by atoms with Gasteiger partial charge >= 0.3 is 0 Å². The van der Waals surface area contributed by atoms with Gasteiger partial charge in [-0.2, -0.15) is 5.26 Å². The van der Waals surface area contributed by atoms with Crippen molar-refractivity contribution in [3.05, 3.63) is 47.4 Å². The van der Waals surface area contributed by atoms with E-state index in [9.17, 15) is 4.39 Å². The molecule has 3 nitrogen and oxygen atoms in total. The molecule has 2 rings (SSSR count). The number of aromatic nitrogens is 1. The fourth-order valence-electron chi connectivity index (χ4n) is 1.82. The Labute approximate surface area is 105 Å². The van der Waals surface area contributed by atoms with Crippen LogP contribution in [0.4, 0.5) is 10.1 Å². The number of aryl methyl sites for hydroxylation is 1. The van der Waals surface area contributed by atoms with E-state index < -0.39 is 5.82 Å². The molecular formula is C14H12FN3. The first-order valence-electron chi connectivity index (χ1n) is 5.60. The Morgan fingerprint density at radius 3 is 2.78 bits per heavy atom. The van der Waals surface area contributed by atoms with Crippen molar-refractivity contribution in [3.63, 3.8) is 0 Å². The molecule has 1 heterocycles. The number of nitriles is 1. The van der Waals surface area contributed by atoms with E-state index in [-0.39, 0.29) is 0 Å². The minimum atomic E-state index is -0.443. The number of nitrogen functional groups attached to an aromatic ring is 1. The summed E-state index contributed by atoms with van der Waals surface area (Å²) in [5.41, 5.74) is 8.38. The molecule has 0 fully saturated rings. The topological polar surface area (TPSA) is 62.7 Å². The molecular weight excluding hydrogens is 229 g/mol. The number of benzene rings is 1. The van der Waals surface area contributed by atoms with Gasteiger partial charge in [0.2, 0.25) is 0 Å². The van der Waals surface area contributed by atoms with E-state index in [0.29, 0.717) is 28.9 Å². The van der Waals surface area contributed by atoms with E-state index in [1.807, 2.05) is 13.0 Å². The first-order chi connectivity index (χ1) is 8.65. The number of hydrogen-bond acceptors (Lipinski definition) is 3. The molecule has 0 amide bonds. The second-order valence-corrected chi connectivity index (χ2v) is 3.94. The van der Waals surface area contributed by atoms with Gasteiger partial charge in [-0.05, 0) is 36.2 Å². The van der Waals surface area contributed by atoms with E-state index in [2.05, 4.69) is 4.98 Å². The predicted octanol–water partition coefficient (Wildman–Crippen LogP) is 2.90. The van der Waals surface area contributed by atoms with Crippen molar-refractivity contribution in [1.29, 1.82) is 5.26 Å². The predicted molar refractivity (Wildman–Crippen MR) is 68.1 cm³/mol. The van der Waals surface area contributed by atoms with Gasteiger partial charge in [-0.1, -0.05) is 6.92 Å². The maximum atomic E-state index is 13.9. The van der Waals surface area contributed by atoms with Gasteiger partial charge in [0, 0.05) is 5.56 Å². The number of nitrogens with zero attached hydrogens (tertiary/aromatic N) is 2. The molecule has 1 aromatic heterocycles. The fourth-order valence-corrected chi connectivity index (χ4v) is 1.82. The zero-order valence-electron chi connectivity index (χ0n) is 9.94. The van der Waals surface area contributed by atoms with Crippen LogP contribution in [0.3, 0.4) is 0 Å². The van der Waals surface area contributed by atoms with Crippen molar-refractivity contribution in [2.75, 3.05) is 5.73 Å². The first-order valence-corrected chi connectivity index (χ1v) is 5.60. The third-order valence-electron chi connectivity index (χ3n) is 2.72. The van der Waals surface area contributed by atoms with Crippen molar-refractivity contribution in [2.24, 2.45) is 0 Å². The van der Waals surface area contributed by atoms with E-state index in [1.165, 1.54) is 12.3 Å². The van der Waals surface area contributed by atoms with Crippen LogP contribution in [-0.4, -0.2) is 4.98 Å². The third kappa shape index (κ3) is 2.16. The van der Waals surface area contributed by atoms with Crippen LogP contribution in [0.2, 0.25) is 0 Å². The lowest BCUT2D eigenvalue weighted by molar-refractivity contribution is 0.630. The lowest BCUT2D eigenvalue weighted by Gasteiger charge is -2.09. The Balaban J connectivity index is 2.59. The summed E-state index contributed by atoms with van der Waals surface area (Å²) < 4.78 is 13.9. The summed E-state index contributed by atoms with van der Waals surface area (Å²) in [5, 5.41) is 8.71. The van der Waals surface area contributed by atoms with Crippen LogP contribution in [0.1, 0.15) is 18.1 Å². The minimum Gasteiger partial charge on any atom is -0.397 e. The first kappa shape index (κ1) is 12.1. The van der Waals surface area contributed by atoms with Crippen molar-refractivity contribution < 1.29 is 4.39 Å². The Bertz CT molecular complexity index is 629. The maximum absolute atomic E-state index is 13.9. The van der Waals surface area contributed by atoms with Gasteiger partial charge in [-0.25, -0.2) is 4.39 Å². The maximum Gasteiger partial charge on any atom is 0.133 e. The highest BCUT2D eigenvalue weighted by Crippen LogP contribution is 2.26. The molecule has 1 aromatic carbocycles. The summed E-state index contributed by atoms with van der Waals surface area (Å²) in [5.74, 6) is -0.443. The number of pyridine rings is 1. The zero-order chi connectivity index (χ0) is 13.1. The summed E-state index contributed by atoms with van der Waals surface area (Å²) in [6.07, 6.45) is 2.22. The number of nitrogens with two attached hydrogens (primary N) is 1. The van der Waals surface area contributed by atoms with E-state index >= 15 is 0 Å². The Morgan fingerprint density at radius 1 is 1.39 bits per heavy atom. The van der Waals surface area contributed by atoms with Gasteiger partial charge < -0.3 is 5.73 Å². The Hall–Kier alpha value is -2.41. The van der Waals surface area contributed by atoms with Gasteiger partial charge in [0.15, 0.2) is 0 Å². The molecule has 0 unspecified atom stereocenters. The molecule has 0 bridgehead atoms. The second-order valence-electron chi connectivity index (χ2n) is 3.94. The van der Waals surface area contributed by atoms with Crippen LogP contribution in [0.15, 0.2) is 30.5 Å². The van der Waals surface area contributed by atoms with Crippen molar-refractivity contribution in [1.82, 2.24) is 4.98 Å². The number of halogens is 1. The third-order valence-corrected chi connectivity index (χ3v) is 2.72. The summed E-state index contributed by atoms with van der Waals surface area (Å²) in [6.45, 7) is 1.96. The van der Waals surface area contributed by atoms with Crippen molar-refractivity contribution in [3.8, 4) is 17.3 Å². The van der Waals surface area contributed by atoms with Crippen molar-refractivity contribution >= 4 is 5.69 Å². The molecule has 0 atom stereocenters. The molecule has 2 aromatic rings. The number of anilines is 1. The summed E-state index contributed by atoms with van der Waals surface area (Å²) >= 11 is 0. The largest absolute Gasteiger partial charge is 0.397 e. The average molecular weight is 241 g/mol. The SMILES string of the molecule is CCc1cc(N)cnc1-c1ccc(C#N)cc1F. The van der Waals surface area contributed by atoms with Crippen LogP contribution in [0, 0.1) is 17.1 Å². The molecule has 2 N–H and O–H groups in total. The zero-order valence-corrected chi connectivity index (χ0v) is 9.94. The summed E-state index contributed by atoms with van der Waals surface area (Å²) in [4.78, 5) is 4.19. The van der Waals surface area contributed by atoms with Gasteiger partial charge in [0.25, 0.3) is 0 Å². The normalized spacial score (nSPS) is 10.1. The molecule has 0 aliphatic rings. The quantitative estimate of drug-likeness (QED) is 0.879. The average Bonchev–Trinajstić information content (AvgIpc) is 2.39. The van der Waals surface area contributed by atoms with Gasteiger partial charge in [0.1, 0.15) is 5.82 Å². The fraction of sp³-hybridized carbons (Fsp3) is 0.143. The molecule has 0 spiro atoms. The highest BCUT2D eigenvalue weighted by Gasteiger charge is 2.11. The molecule has 0 radical (unpaired) electrons. The van der Waals surface area contributed by atoms with Gasteiger partial charge in [-0.3, -0.25) is 4.98 Å². The second kappa shape index (κ2) is 4.84. The van der Waals surface area contributed by atoms with Crippen LogP contribution < -0.4 is 5.73 Å². The standard InChI is InChI=1S/C14H12FN3/c1-2-10-6-11(17)8-18-14(10)12-4-3-9(7-16)5-13(12)15/h3-6,8H,2,17H2,1H3. The molecule has 0 saturated carbocycles. The summed E-state index contributed by atoms with van der Waals surface area (Å²) in [6, 6.07) is 8.06. The smallest absolute Gasteiger partial charge is 0.133 e. The van der Waals surface area contributed by atoms with Crippen LogP contribution in [0.25, 0.3) is 11.3 Å². The lowest BCUT2D eigenvalue weighted by atomic mass is 10.0. The lowest BCUT2D eigenvalue weighted by Crippen LogP contribution is -1.97. The van der Waals surface area contributed by atoms with Crippen LogP contribution in [0.5, 0.6) is 0 Å². The van der Waals surface area contributed by atoms with E-state index in [4.69, 9.17) is 11.0 Å². The molecule has 0 saturated heterocycles. The number of hydrogen-bond donors (Lipinski definition) is 1. The number of rotatable bonds is 2. The van der Waals surface area contributed by atoms with E-state index in [0.717, 1.165) is 5.56 Å². The monoisotopic (exact) mass is 241 g/mol. The Morgan fingerprint density at radius 2 is 2.17 bits per heavy atom. The van der Waals surface area contributed by atoms with E-state index in [1.54, 1.807) is 18.2 Å². The van der Waals surface area contributed by atoms with Gasteiger partial charge in [0.05, 0.1) is 29.2 Å². The van der Waals surface area contributed by atoms with Crippen molar-refractivity contribution in [2.45, 2.75) is 13.3 Å². The van der Waals surface area contributed by atoms with Gasteiger partial charge in [-0.15, -0.1) is 0 Å². The molecule has 4 heteroatoms.